The van der Waals surface area contributed by atoms with Gasteiger partial charge in [0.05, 0.1) is 0 Å². The fourth-order valence-electron chi connectivity index (χ4n) is 2.14. The van der Waals surface area contributed by atoms with E-state index in [4.69, 9.17) is 4.52 Å². The average Bonchev–Trinajstić information content (AvgIpc) is 2.82. The number of carbonyl (C=O) groups excluding carboxylic acids is 1. The SMILES string of the molecule is CCCCc1onc(NC(=O)N(C)C(C)CCCC)c1C. The van der Waals surface area contributed by atoms with Crippen LogP contribution in [0.1, 0.15) is 64.2 Å². The number of aromatic nitrogens is 1. The Labute approximate surface area is 128 Å². The minimum atomic E-state index is -0.128. The van der Waals surface area contributed by atoms with Crippen molar-refractivity contribution in [2.75, 3.05) is 12.4 Å². The van der Waals surface area contributed by atoms with Crippen LogP contribution in [-0.2, 0) is 6.42 Å². The molecule has 1 unspecified atom stereocenters. The fraction of sp³-hybridized carbons (Fsp3) is 0.750. The lowest BCUT2D eigenvalue weighted by Crippen LogP contribution is -2.38. The number of nitrogens with zero attached hydrogens (tertiary/aromatic N) is 2. The predicted molar refractivity (Wildman–Crippen MR) is 85.6 cm³/mol. The lowest BCUT2D eigenvalue weighted by molar-refractivity contribution is 0.204. The molecule has 2 amide bonds. The molecule has 0 radical (unpaired) electrons. The number of rotatable bonds is 8. The highest BCUT2D eigenvalue weighted by molar-refractivity contribution is 5.89. The van der Waals surface area contributed by atoms with Gasteiger partial charge >= 0.3 is 6.03 Å². The van der Waals surface area contributed by atoms with Crippen LogP contribution in [-0.4, -0.2) is 29.2 Å². The highest BCUT2D eigenvalue weighted by Crippen LogP contribution is 2.20. The van der Waals surface area contributed by atoms with Crippen molar-refractivity contribution in [3.05, 3.63) is 11.3 Å². The smallest absolute Gasteiger partial charge is 0.323 e. The Balaban J connectivity index is 2.59. The summed E-state index contributed by atoms with van der Waals surface area (Å²) in [5.41, 5.74) is 0.936. The summed E-state index contributed by atoms with van der Waals surface area (Å²) in [7, 11) is 1.82. The molecule has 1 N–H and O–H groups in total. The molecule has 1 rings (SSSR count). The summed E-state index contributed by atoms with van der Waals surface area (Å²) in [4.78, 5) is 14.0. The van der Waals surface area contributed by atoms with Gasteiger partial charge < -0.3 is 9.42 Å². The summed E-state index contributed by atoms with van der Waals surface area (Å²) < 4.78 is 5.32. The molecule has 1 heterocycles. The maximum absolute atomic E-state index is 12.2. The first-order chi connectivity index (χ1) is 10.0. The summed E-state index contributed by atoms with van der Waals surface area (Å²) in [5.74, 6) is 1.41. The molecule has 1 atom stereocenters. The monoisotopic (exact) mass is 295 g/mol. The molecule has 0 saturated heterocycles. The normalized spacial score (nSPS) is 12.2. The second-order valence-electron chi connectivity index (χ2n) is 5.72. The van der Waals surface area contributed by atoms with Gasteiger partial charge in [0.2, 0.25) is 0 Å². The van der Waals surface area contributed by atoms with Gasteiger partial charge in [-0.05, 0) is 26.7 Å². The third kappa shape index (κ3) is 5.06. The number of amides is 2. The van der Waals surface area contributed by atoms with Crippen LogP contribution in [0.4, 0.5) is 10.6 Å². The third-order valence-corrected chi connectivity index (χ3v) is 3.96. The Morgan fingerprint density at radius 2 is 2.00 bits per heavy atom. The van der Waals surface area contributed by atoms with Crippen molar-refractivity contribution >= 4 is 11.8 Å². The van der Waals surface area contributed by atoms with Gasteiger partial charge in [-0.25, -0.2) is 4.79 Å². The van der Waals surface area contributed by atoms with Crippen LogP contribution < -0.4 is 5.32 Å². The average molecular weight is 295 g/mol. The number of unbranched alkanes of at least 4 members (excludes halogenated alkanes) is 2. The minimum absolute atomic E-state index is 0.128. The number of carbonyl (C=O) groups is 1. The Bertz CT molecular complexity index is 443. The van der Waals surface area contributed by atoms with Crippen molar-refractivity contribution in [1.82, 2.24) is 10.1 Å². The molecule has 0 bridgehead atoms. The molecule has 0 fully saturated rings. The topological polar surface area (TPSA) is 58.4 Å². The molecular weight excluding hydrogens is 266 g/mol. The van der Waals surface area contributed by atoms with Gasteiger partial charge in [-0.2, -0.15) is 0 Å². The number of hydrogen-bond donors (Lipinski definition) is 1. The predicted octanol–water partition coefficient (Wildman–Crippen LogP) is 4.37. The van der Waals surface area contributed by atoms with E-state index in [2.05, 4.69) is 31.2 Å². The minimum Gasteiger partial charge on any atom is -0.359 e. The van der Waals surface area contributed by atoms with Gasteiger partial charge in [-0.15, -0.1) is 0 Å². The molecule has 0 aliphatic rings. The van der Waals surface area contributed by atoms with Crippen LogP contribution >= 0.6 is 0 Å². The van der Waals surface area contributed by atoms with Crippen molar-refractivity contribution in [3.8, 4) is 0 Å². The van der Waals surface area contributed by atoms with Gasteiger partial charge in [0, 0.05) is 25.1 Å². The molecule has 0 aromatic carbocycles. The van der Waals surface area contributed by atoms with E-state index in [1.165, 1.54) is 0 Å². The van der Waals surface area contributed by atoms with Crippen LogP contribution in [0, 0.1) is 6.92 Å². The number of hydrogen-bond acceptors (Lipinski definition) is 3. The van der Waals surface area contributed by atoms with Crippen molar-refractivity contribution in [2.45, 2.75) is 72.3 Å². The molecule has 1 aromatic rings. The van der Waals surface area contributed by atoms with E-state index in [9.17, 15) is 4.79 Å². The summed E-state index contributed by atoms with van der Waals surface area (Å²) in [6.07, 6.45) is 6.33. The number of nitrogens with one attached hydrogen (secondary N) is 1. The van der Waals surface area contributed by atoms with Crippen LogP contribution in [0.25, 0.3) is 0 Å². The Morgan fingerprint density at radius 1 is 1.33 bits per heavy atom. The fourth-order valence-corrected chi connectivity index (χ4v) is 2.14. The summed E-state index contributed by atoms with van der Waals surface area (Å²) in [6.45, 7) is 8.31. The first-order valence-electron chi connectivity index (χ1n) is 8.00. The zero-order valence-electron chi connectivity index (χ0n) is 14.0. The van der Waals surface area contributed by atoms with E-state index in [0.29, 0.717) is 5.82 Å². The number of anilines is 1. The largest absolute Gasteiger partial charge is 0.359 e. The van der Waals surface area contributed by atoms with E-state index in [0.717, 1.165) is 49.8 Å². The zero-order valence-corrected chi connectivity index (χ0v) is 14.0. The third-order valence-electron chi connectivity index (χ3n) is 3.96. The molecule has 5 heteroatoms. The maximum atomic E-state index is 12.2. The van der Waals surface area contributed by atoms with Gasteiger partial charge in [0.25, 0.3) is 0 Å². The van der Waals surface area contributed by atoms with Crippen LogP contribution in [0.2, 0.25) is 0 Å². The van der Waals surface area contributed by atoms with Crippen LogP contribution in [0.5, 0.6) is 0 Å². The second-order valence-corrected chi connectivity index (χ2v) is 5.72. The van der Waals surface area contributed by atoms with Gasteiger partial charge in [-0.1, -0.05) is 38.3 Å². The molecule has 0 spiro atoms. The standard InChI is InChI=1S/C16H29N3O2/c1-6-8-10-12(3)19(5)16(20)17-15-13(4)14(21-18-15)11-9-7-2/h12H,6-11H2,1-5H3,(H,17,18,20). The first kappa shape index (κ1) is 17.5. The van der Waals surface area contributed by atoms with Gasteiger partial charge in [0.15, 0.2) is 5.82 Å². The molecule has 0 aliphatic heterocycles. The van der Waals surface area contributed by atoms with Crippen LogP contribution in [0.15, 0.2) is 4.52 Å². The summed E-state index contributed by atoms with van der Waals surface area (Å²) in [6, 6.07) is 0.0914. The van der Waals surface area contributed by atoms with Crippen molar-refractivity contribution < 1.29 is 9.32 Å². The quantitative estimate of drug-likeness (QED) is 0.774. The zero-order chi connectivity index (χ0) is 15.8. The van der Waals surface area contributed by atoms with Crippen molar-refractivity contribution in [1.29, 1.82) is 0 Å². The van der Waals surface area contributed by atoms with E-state index in [-0.39, 0.29) is 12.1 Å². The van der Waals surface area contributed by atoms with E-state index < -0.39 is 0 Å². The molecule has 21 heavy (non-hydrogen) atoms. The van der Waals surface area contributed by atoms with Crippen LogP contribution in [0.3, 0.4) is 0 Å². The highest BCUT2D eigenvalue weighted by Gasteiger charge is 2.19. The Morgan fingerprint density at radius 3 is 2.62 bits per heavy atom. The number of aryl methyl sites for hydroxylation is 1. The van der Waals surface area contributed by atoms with E-state index in [1.54, 1.807) is 4.90 Å². The maximum Gasteiger partial charge on any atom is 0.323 e. The second kappa shape index (κ2) is 8.70. The molecule has 0 saturated carbocycles. The van der Waals surface area contributed by atoms with Gasteiger partial charge in [-0.3, -0.25) is 5.32 Å². The molecule has 0 aliphatic carbocycles. The molecule has 1 aromatic heterocycles. The number of urea groups is 1. The first-order valence-corrected chi connectivity index (χ1v) is 8.00. The lowest BCUT2D eigenvalue weighted by Gasteiger charge is -2.24. The highest BCUT2D eigenvalue weighted by atomic mass is 16.5. The summed E-state index contributed by atoms with van der Waals surface area (Å²) in [5, 5.41) is 6.83. The molecular formula is C16H29N3O2. The van der Waals surface area contributed by atoms with E-state index >= 15 is 0 Å². The molecule has 120 valence electrons. The summed E-state index contributed by atoms with van der Waals surface area (Å²) >= 11 is 0. The van der Waals surface area contributed by atoms with Crippen molar-refractivity contribution in [3.63, 3.8) is 0 Å². The molecule has 5 nitrogen and oxygen atoms in total. The van der Waals surface area contributed by atoms with Crippen molar-refractivity contribution in [2.24, 2.45) is 0 Å². The van der Waals surface area contributed by atoms with E-state index in [1.807, 2.05) is 14.0 Å². The lowest BCUT2D eigenvalue weighted by atomic mass is 10.1. The Hall–Kier alpha value is -1.52. The van der Waals surface area contributed by atoms with Gasteiger partial charge in [0.1, 0.15) is 5.76 Å². The Kier molecular flexibility index (Phi) is 7.26.